The second kappa shape index (κ2) is 9.00. The highest BCUT2D eigenvalue weighted by molar-refractivity contribution is 5.73. The average Bonchev–Trinajstić information content (AvgIpc) is 3.42. The van der Waals surface area contributed by atoms with Gasteiger partial charge in [0.2, 0.25) is 0 Å². The number of pyridine rings is 1. The number of fused-ring (bicyclic) bond motifs is 2. The number of aliphatic carboxylic acids is 1. The average molecular weight is 495 g/mol. The number of carbonyl (C=O) groups is 1. The minimum absolute atomic E-state index is 0.0556. The molecule has 0 saturated carbocycles. The van der Waals surface area contributed by atoms with Crippen LogP contribution >= 0.6 is 0 Å². The molecule has 0 radical (unpaired) electrons. The Kier molecular flexibility index (Phi) is 5.98. The van der Waals surface area contributed by atoms with E-state index in [1.54, 1.807) is 12.3 Å². The number of aromatic nitrogens is 2. The van der Waals surface area contributed by atoms with Crippen molar-refractivity contribution in [3.8, 4) is 16.9 Å². The Labute approximate surface area is 206 Å². The molecule has 0 aliphatic carbocycles. The largest absolute Gasteiger partial charge is 0.493 e. The van der Waals surface area contributed by atoms with Gasteiger partial charge in [-0.05, 0) is 78.3 Å². The van der Waals surface area contributed by atoms with Crippen LogP contribution in [0.4, 0.5) is 13.2 Å². The summed E-state index contributed by atoms with van der Waals surface area (Å²) in [5.74, 6) is -0.195. The number of aryl methyl sites for hydroxylation is 3. The summed E-state index contributed by atoms with van der Waals surface area (Å²) in [6, 6.07) is 13.5. The Morgan fingerprint density at radius 2 is 1.92 bits per heavy atom. The van der Waals surface area contributed by atoms with Gasteiger partial charge in [0.15, 0.2) is 5.69 Å². The number of ether oxygens (including phenoxy) is 1. The first-order chi connectivity index (χ1) is 17.1. The summed E-state index contributed by atoms with van der Waals surface area (Å²) in [7, 11) is 0. The van der Waals surface area contributed by atoms with Crippen molar-refractivity contribution >= 4 is 11.6 Å². The lowest BCUT2D eigenvalue weighted by Crippen LogP contribution is -2.07. The third kappa shape index (κ3) is 4.55. The lowest BCUT2D eigenvalue weighted by molar-refractivity contribution is -0.141. The third-order valence-corrected chi connectivity index (χ3v) is 6.88. The molecule has 0 amide bonds. The molecule has 5 nitrogen and oxygen atoms in total. The lowest BCUT2D eigenvalue weighted by atomic mass is 9.90. The molecule has 1 N–H and O–H groups in total. The molecule has 4 aromatic rings. The predicted octanol–water partition coefficient (Wildman–Crippen LogP) is 6.37. The summed E-state index contributed by atoms with van der Waals surface area (Å²) < 4.78 is 46.4. The second-order valence-electron chi connectivity index (χ2n) is 9.33. The van der Waals surface area contributed by atoms with E-state index in [-0.39, 0.29) is 18.0 Å². The molecule has 5 rings (SSSR count). The predicted molar refractivity (Wildman–Crippen MR) is 129 cm³/mol. The fourth-order valence-corrected chi connectivity index (χ4v) is 5.02. The standard InChI is InChI=1S/C28H25F3N2O3/c1-16-3-6-19(7-4-18-5-9-22-21(12-26(34)35)15-36-23(22)11-18)17(2)27(16)20-8-10-25-32-24(28(29,30)31)14-33(25)13-20/h3,5-6,8-11,13-14,21H,4,7,12,15H2,1-2H3,(H,34,35)/t21-/m1/s1. The van der Waals surface area contributed by atoms with E-state index in [2.05, 4.69) is 11.1 Å². The number of hydrogen-bond acceptors (Lipinski definition) is 3. The molecule has 1 aliphatic heterocycles. The first kappa shape index (κ1) is 23.9. The zero-order chi connectivity index (χ0) is 25.6. The molecule has 8 heteroatoms. The Hall–Kier alpha value is -3.81. The molecule has 36 heavy (non-hydrogen) atoms. The zero-order valence-electron chi connectivity index (χ0n) is 19.9. The van der Waals surface area contributed by atoms with Crippen LogP contribution in [0, 0.1) is 13.8 Å². The lowest BCUT2D eigenvalue weighted by Gasteiger charge is -2.15. The topological polar surface area (TPSA) is 63.8 Å². The fourth-order valence-electron chi connectivity index (χ4n) is 5.02. The maximum Gasteiger partial charge on any atom is 0.434 e. The normalized spacial score (nSPS) is 15.2. The molecule has 2 aromatic heterocycles. The van der Waals surface area contributed by atoms with Gasteiger partial charge >= 0.3 is 12.1 Å². The monoisotopic (exact) mass is 494 g/mol. The van der Waals surface area contributed by atoms with Gasteiger partial charge in [0.25, 0.3) is 0 Å². The van der Waals surface area contributed by atoms with E-state index in [4.69, 9.17) is 9.84 Å². The number of carboxylic acid groups (broad SMARTS) is 1. The van der Waals surface area contributed by atoms with Crippen molar-refractivity contribution in [1.29, 1.82) is 0 Å². The molecular formula is C28H25F3N2O3. The molecular weight excluding hydrogens is 469 g/mol. The summed E-state index contributed by atoms with van der Waals surface area (Å²) in [5, 5.41) is 9.09. The van der Waals surface area contributed by atoms with Crippen molar-refractivity contribution in [3.63, 3.8) is 0 Å². The Balaban J connectivity index is 1.39. The van der Waals surface area contributed by atoms with Crippen LogP contribution in [0.2, 0.25) is 0 Å². The SMILES string of the molecule is Cc1ccc(CCc2ccc3c(c2)OC[C@H]3CC(=O)O)c(C)c1-c1ccc2nc(C(F)(F)F)cn2c1. The molecule has 0 spiro atoms. The van der Waals surface area contributed by atoms with Crippen molar-refractivity contribution < 1.29 is 27.8 Å². The van der Waals surface area contributed by atoms with Gasteiger partial charge in [-0.3, -0.25) is 4.79 Å². The number of nitrogens with zero attached hydrogens (tertiary/aromatic N) is 2. The minimum atomic E-state index is -4.49. The molecule has 0 unspecified atom stereocenters. The van der Waals surface area contributed by atoms with Crippen LogP contribution in [0.3, 0.4) is 0 Å². The second-order valence-corrected chi connectivity index (χ2v) is 9.33. The van der Waals surface area contributed by atoms with Crippen molar-refractivity contribution in [2.45, 2.75) is 45.2 Å². The minimum Gasteiger partial charge on any atom is -0.493 e. The van der Waals surface area contributed by atoms with Gasteiger partial charge in [-0.25, -0.2) is 4.98 Å². The van der Waals surface area contributed by atoms with E-state index in [0.29, 0.717) is 6.61 Å². The van der Waals surface area contributed by atoms with Crippen LogP contribution in [0.15, 0.2) is 54.9 Å². The van der Waals surface area contributed by atoms with Gasteiger partial charge in [-0.15, -0.1) is 0 Å². The molecule has 0 fully saturated rings. The van der Waals surface area contributed by atoms with E-state index in [0.717, 1.165) is 63.7 Å². The molecule has 3 heterocycles. The Morgan fingerprint density at radius 1 is 1.11 bits per heavy atom. The summed E-state index contributed by atoms with van der Waals surface area (Å²) in [6.45, 7) is 4.42. The van der Waals surface area contributed by atoms with Gasteiger partial charge in [0.1, 0.15) is 11.4 Å². The van der Waals surface area contributed by atoms with Crippen LogP contribution in [0.5, 0.6) is 5.75 Å². The van der Waals surface area contributed by atoms with Crippen LogP contribution in [0.1, 0.15) is 45.8 Å². The van der Waals surface area contributed by atoms with Gasteiger partial charge in [-0.1, -0.05) is 24.3 Å². The number of rotatable bonds is 6. The molecule has 2 aromatic carbocycles. The van der Waals surface area contributed by atoms with Gasteiger partial charge in [0.05, 0.1) is 13.0 Å². The third-order valence-electron chi connectivity index (χ3n) is 6.88. The highest BCUT2D eigenvalue weighted by atomic mass is 19.4. The quantitative estimate of drug-likeness (QED) is 0.338. The number of halogens is 3. The molecule has 186 valence electrons. The van der Waals surface area contributed by atoms with Crippen molar-refractivity contribution in [3.05, 3.63) is 88.4 Å². The van der Waals surface area contributed by atoms with Gasteiger partial charge in [0, 0.05) is 23.9 Å². The number of hydrogen-bond donors (Lipinski definition) is 1. The molecule has 1 aliphatic rings. The van der Waals surface area contributed by atoms with Crippen LogP contribution in [0.25, 0.3) is 16.8 Å². The van der Waals surface area contributed by atoms with Crippen molar-refractivity contribution in [1.82, 2.24) is 9.38 Å². The van der Waals surface area contributed by atoms with Crippen LogP contribution < -0.4 is 4.74 Å². The van der Waals surface area contributed by atoms with E-state index >= 15 is 0 Å². The number of alkyl halides is 3. The highest BCUT2D eigenvalue weighted by Crippen LogP contribution is 2.37. The molecule has 0 bridgehead atoms. The smallest absolute Gasteiger partial charge is 0.434 e. The van der Waals surface area contributed by atoms with Crippen molar-refractivity contribution in [2.75, 3.05) is 6.61 Å². The molecule has 0 saturated heterocycles. The first-order valence-electron chi connectivity index (χ1n) is 11.7. The van der Waals surface area contributed by atoms with Crippen LogP contribution in [-0.4, -0.2) is 27.1 Å². The van der Waals surface area contributed by atoms with Gasteiger partial charge in [-0.2, -0.15) is 13.2 Å². The number of imidazole rings is 1. The maximum atomic E-state index is 13.1. The Bertz CT molecular complexity index is 1470. The highest BCUT2D eigenvalue weighted by Gasteiger charge is 2.34. The summed E-state index contributed by atoms with van der Waals surface area (Å²) in [6.07, 6.45) is -0.162. The summed E-state index contributed by atoms with van der Waals surface area (Å²) >= 11 is 0. The van der Waals surface area contributed by atoms with E-state index in [1.165, 1.54) is 4.40 Å². The maximum absolute atomic E-state index is 13.1. The Morgan fingerprint density at radius 3 is 2.67 bits per heavy atom. The van der Waals surface area contributed by atoms with E-state index in [1.807, 2.05) is 44.2 Å². The van der Waals surface area contributed by atoms with E-state index < -0.39 is 17.8 Å². The zero-order valence-corrected chi connectivity index (χ0v) is 19.9. The fraction of sp³-hybridized carbons (Fsp3) is 0.286. The van der Waals surface area contributed by atoms with Gasteiger partial charge < -0.3 is 14.2 Å². The first-order valence-corrected chi connectivity index (χ1v) is 11.7. The number of carboxylic acids is 1. The number of benzene rings is 2. The van der Waals surface area contributed by atoms with Crippen LogP contribution in [-0.2, 0) is 23.8 Å². The van der Waals surface area contributed by atoms with E-state index in [9.17, 15) is 18.0 Å². The van der Waals surface area contributed by atoms with Crippen molar-refractivity contribution in [2.24, 2.45) is 0 Å². The summed E-state index contributed by atoms with van der Waals surface area (Å²) in [5.41, 5.74) is 6.51. The summed E-state index contributed by atoms with van der Waals surface area (Å²) in [4.78, 5) is 14.8. The molecule has 1 atom stereocenters.